The van der Waals surface area contributed by atoms with Crippen LogP contribution >= 0.6 is 0 Å². The fourth-order valence-corrected chi connectivity index (χ4v) is 2.47. The van der Waals surface area contributed by atoms with Crippen LogP contribution in [-0.4, -0.2) is 18.3 Å². The lowest BCUT2D eigenvalue weighted by Gasteiger charge is -2.16. The van der Waals surface area contributed by atoms with Crippen molar-refractivity contribution in [1.29, 1.82) is 0 Å². The predicted octanol–water partition coefficient (Wildman–Crippen LogP) is 5.10. The maximum absolute atomic E-state index is 14.4. The summed E-state index contributed by atoms with van der Waals surface area (Å²) in [4.78, 5) is 17.3. The molecule has 2 rings (SSSR count). The van der Waals surface area contributed by atoms with Crippen LogP contribution in [0.1, 0.15) is 44.2 Å². The van der Waals surface area contributed by atoms with E-state index in [1.807, 2.05) is 0 Å². The summed E-state index contributed by atoms with van der Waals surface area (Å²) in [5, 5.41) is 5.65. The molecule has 0 spiro atoms. The topological polar surface area (TPSA) is 50.7 Å². The van der Waals surface area contributed by atoms with Crippen molar-refractivity contribution in [3.05, 3.63) is 58.7 Å². The van der Waals surface area contributed by atoms with E-state index < -0.39 is 40.7 Å². The molecule has 1 N–H and O–H groups in total. The summed E-state index contributed by atoms with van der Waals surface area (Å²) in [6.07, 6.45) is 1.55. The van der Waals surface area contributed by atoms with Crippen LogP contribution in [0.2, 0.25) is 0 Å². The molecule has 1 aliphatic rings. The number of benzene rings is 1. The summed E-state index contributed by atoms with van der Waals surface area (Å²) in [6.45, 7) is 3.53. The highest BCUT2D eigenvalue weighted by molar-refractivity contribution is 6.09. The molecule has 4 nitrogen and oxygen atoms in total. The van der Waals surface area contributed by atoms with Crippen molar-refractivity contribution >= 4 is 11.7 Å². The van der Waals surface area contributed by atoms with Gasteiger partial charge in [-0.25, -0.2) is 8.78 Å². The molecule has 1 aromatic carbocycles. The lowest BCUT2D eigenvalue weighted by molar-refractivity contribution is -0.138. The van der Waals surface area contributed by atoms with Crippen LogP contribution in [-0.2, 0) is 15.8 Å². The monoisotopic (exact) mass is 416 g/mol. The minimum atomic E-state index is -4.99. The van der Waals surface area contributed by atoms with Crippen LogP contribution in [0, 0.1) is 17.6 Å². The Balaban J connectivity index is 2.40. The molecular weight excluding hydrogens is 395 g/mol. The van der Waals surface area contributed by atoms with Crippen LogP contribution in [0.25, 0.3) is 0 Å². The van der Waals surface area contributed by atoms with Crippen molar-refractivity contribution in [1.82, 2.24) is 5.32 Å². The molecule has 1 fully saturated rings. The van der Waals surface area contributed by atoms with E-state index in [0.29, 0.717) is 17.7 Å². The van der Waals surface area contributed by atoms with Gasteiger partial charge in [0.25, 0.3) is 0 Å². The molecule has 9 heteroatoms. The fourth-order valence-electron chi connectivity index (χ4n) is 2.47. The van der Waals surface area contributed by atoms with Gasteiger partial charge in [0.15, 0.2) is 17.5 Å². The Hall–Kier alpha value is -2.71. The highest BCUT2D eigenvalue weighted by Crippen LogP contribution is 2.34. The number of hydrogen-bond acceptors (Lipinski definition) is 3. The molecule has 0 aliphatic heterocycles. The van der Waals surface area contributed by atoms with E-state index >= 15 is 0 Å². The van der Waals surface area contributed by atoms with Crippen molar-refractivity contribution in [2.45, 2.75) is 39.3 Å². The van der Waals surface area contributed by atoms with Gasteiger partial charge in [0.2, 0.25) is 5.91 Å². The van der Waals surface area contributed by atoms with E-state index in [0.717, 1.165) is 12.8 Å². The minimum Gasteiger partial charge on any atom is -0.394 e. The van der Waals surface area contributed by atoms with E-state index in [1.165, 1.54) is 0 Å². The number of carbonyl (C=O) groups is 1. The van der Waals surface area contributed by atoms with Crippen molar-refractivity contribution in [2.75, 3.05) is 6.61 Å². The number of alkyl halides is 3. The number of halogens is 5. The van der Waals surface area contributed by atoms with Crippen LogP contribution in [0.4, 0.5) is 22.0 Å². The van der Waals surface area contributed by atoms with Crippen molar-refractivity contribution < 1.29 is 31.6 Å². The van der Waals surface area contributed by atoms with E-state index in [1.54, 1.807) is 32.1 Å². The van der Waals surface area contributed by atoms with E-state index in [-0.39, 0.29) is 18.9 Å². The highest BCUT2D eigenvalue weighted by Gasteiger charge is 2.38. The minimum absolute atomic E-state index is 0.107. The number of nitrogens with one attached hydrogen (secondary N) is 1. The van der Waals surface area contributed by atoms with E-state index in [9.17, 15) is 26.7 Å². The van der Waals surface area contributed by atoms with Gasteiger partial charge in [-0.2, -0.15) is 13.2 Å². The van der Waals surface area contributed by atoms with Crippen molar-refractivity contribution in [3.63, 3.8) is 0 Å². The molecule has 0 radical (unpaired) electrons. The van der Waals surface area contributed by atoms with Gasteiger partial charge in [-0.1, -0.05) is 23.4 Å². The van der Waals surface area contributed by atoms with Crippen LogP contribution < -0.4 is 5.32 Å². The number of nitrogens with zero attached hydrogens (tertiary/aromatic N) is 1. The number of amidine groups is 1. The van der Waals surface area contributed by atoms with Crippen molar-refractivity contribution in [2.24, 2.45) is 11.1 Å². The maximum atomic E-state index is 14.4. The fraction of sp³-hybridized carbons (Fsp3) is 0.400. The summed E-state index contributed by atoms with van der Waals surface area (Å²) < 4.78 is 68.2. The molecule has 0 bridgehead atoms. The third kappa shape index (κ3) is 6.40. The first-order valence-corrected chi connectivity index (χ1v) is 9.00. The summed E-state index contributed by atoms with van der Waals surface area (Å²) in [6, 6.07) is 0.767. The molecular formula is C20H21F5N2O2. The zero-order valence-electron chi connectivity index (χ0n) is 15.9. The molecule has 29 heavy (non-hydrogen) atoms. The Morgan fingerprint density at radius 1 is 1.28 bits per heavy atom. The standard InChI is InChI=1S/C20H21F5N2O2/c1-3-5-12(4-2)10-16(28)26-19(27-29-11-13-6-7-13)17-14(20(23,24)25)8-9-15(21)18(17)22/h3-5,8-9,13H,6-7,10-11H2,1-2H3,(H,26,27,28)/b5-3-,12-4+. The van der Waals surface area contributed by atoms with Crippen LogP contribution in [0.15, 0.2) is 41.1 Å². The molecule has 0 unspecified atom stereocenters. The zero-order chi connectivity index (χ0) is 21.6. The lowest BCUT2D eigenvalue weighted by atomic mass is 10.0. The number of allylic oxidation sites excluding steroid dienone is 3. The van der Waals surface area contributed by atoms with E-state index in [2.05, 4.69) is 10.5 Å². The van der Waals surface area contributed by atoms with Gasteiger partial charge in [0.1, 0.15) is 6.61 Å². The SMILES string of the molecule is C/C=C\C(=C/C)CC(=O)N/C(=N\OCC1CC1)c1c(C(F)(F)F)ccc(F)c1F. The Morgan fingerprint density at radius 2 is 1.97 bits per heavy atom. The Bertz CT molecular complexity index is 840. The predicted molar refractivity (Wildman–Crippen MR) is 97.9 cm³/mol. The Morgan fingerprint density at radius 3 is 2.52 bits per heavy atom. The largest absolute Gasteiger partial charge is 0.417 e. The summed E-state index contributed by atoms with van der Waals surface area (Å²) in [5.41, 5.74) is -2.08. The molecule has 1 saturated carbocycles. The molecule has 1 aromatic rings. The van der Waals surface area contributed by atoms with Gasteiger partial charge in [-0.3, -0.25) is 4.79 Å². The molecule has 0 heterocycles. The number of hydrogen-bond donors (Lipinski definition) is 1. The van der Waals surface area contributed by atoms with Gasteiger partial charge in [0.05, 0.1) is 17.5 Å². The number of rotatable bonds is 7. The third-order valence-corrected chi connectivity index (χ3v) is 4.17. The second kappa shape index (κ2) is 9.67. The zero-order valence-corrected chi connectivity index (χ0v) is 15.9. The molecule has 1 aliphatic carbocycles. The first kappa shape index (κ1) is 22.6. The number of amides is 1. The normalized spacial score (nSPS) is 15.7. The maximum Gasteiger partial charge on any atom is 0.417 e. The Kier molecular flexibility index (Phi) is 7.53. The number of carbonyl (C=O) groups excluding carboxylic acids is 1. The quantitative estimate of drug-likeness (QED) is 0.221. The van der Waals surface area contributed by atoms with E-state index in [4.69, 9.17) is 4.84 Å². The van der Waals surface area contributed by atoms with Gasteiger partial charge < -0.3 is 10.2 Å². The molecule has 1 amide bonds. The van der Waals surface area contributed by atoms with Gasteiger partial charge in [-0.15, -0.1) is 0 Å². The second-order valence-corrected chi connectivity index (χ2v) is 6.55. The van der Waals surface area contributed by atoms with Crippen LogP contribution in [0.3, 0.4) is 0 Å². The van der Waals surface area contributed by atoms with Gasteiger partial charge in [0, 0.05) is 0 Å². The second-order valence-electron chi connectivity index (χ2n) is 6.55. The number of oxime groups is 1. The summed E-state index contributed by atoms with van der Waals surface area (Å²) >= 11 is 0. The highest BCUT2D eigenvalue weighted by atomic mass is 19.4. The smallest absolute Gasteiger partial charge is 0.394 e. The average Bonchev–Trinajstić information content (AvgIpc) is 3.46. The molecule has 0 aromatic heterocycles. The van der Waals surface area contributed by atoms with Crippen LogP contribution in [0.5, 0.6) is 0 Å². The molecule has 0 saturated heterocycles. The first-order chi connectivity index (χ1) is 13.7. The first-order valence-electron chi connectivity index (χ1n) is 9.00. The third-order valence-electron chi connectivity index (χ3n) is 4.17. The average molecular weight is 416 g/mol. The Labute approximate surface area is 165 Å². The van der Waals surface area contributed by atoms with Gasteiger partial charge >= 0.3 is 6.18 Å². The molecule has 0 atom stereocenters. The summed E-state index contributed by atoms with van der Waals surface area (Å²) in [7, 11) is 0. The van der Waals surface area contributed by atoms with Crippen molar-refractivity contribution in [3.8, 4) is 0 Å². The summed E-state index contributed by atoms with van der Waals surface area (Å²) in [5.74, 6) is -4.63. The van der Waals surface area contributed by atoms with Gasteiger partial charge in [-0.05, 0) is 50.3 Å². The lowest BCUT2D eigenvalue weighted by Crippen LogP contribution is -2.34. The molecule has 158 valence electrons.